The number of hydrogen-bond donors (Lipinski definition) is 2. The molecule has 0 bridgehead atoms. The molecule has 0 saturated carbocycles. The van der Waals surface area contributed by atoms with E-state index >= 15 is 0 Å². The van der Waals surface area contributed by atoms with Crippen LogP contribution in [-0.4, -0.2) is 17.4 Å². The summed E-state index contributed by atoms with van der Waals surface area (Å²) >= 11 is 7.02. The standard InChI is InChI=1S/C24H22Br2N2O2/c1-2-30-19-10-5-15(6-11-19)21-14-22(20-13-18(26)9-12-23(20)29)28-24(27-21)16-3-7-17(25)8-4-16/h3-13,22,24,28-29H,2,14H2,1H3/t22-,24-/m0/s1. The highest BCUT2D eigenvalue weighted by atomic mass is 79.9. The minimum atomic E-state index is -0.211. The molecule has 0 aliphatic carbocycles. The molecule has 1 aliphatic rings. The molecule has 6 heteroatoms. The molecule has 2 atom stereocenters. The predicted octanol–water partition coefficient (Wildman–Crippen LogP) is 6.54. The van der Waals surface area contributed by atoms with Crippen LogP contribution >= 0.6 is 31.9 Å². The molecule has 3 aromatic rings. The zero-order valence-electron chi connectivity index (χ0n) is 16.5. The smallest absolute Gasteiger partial charge is 0.126 e. The fourth-order valence-electron chi connectivity index (χ4n) is 3.61. The van der Waals surface area contributed by atoms with Gasteiger partial charge in [-0.25, -0.2) is 0 Å². The van der Waals surface area contributed by atoms with Crippen molar-refractivity contribution in [1.29, 1.82) is 0 Å². The third-order valence-corrected chi connectivity index (χ3v) is 6.11. The van der Waals surface area contributed by atoms with Gasteiger partial charge in [-0.05, 0) is 72.6 Å². The normalized spacial score (nSPS) is 18.7. The van der Waals surface area contributed by atoms with Gasteiger partial charge in [0.1, 0.15) is 17.7 Å². The molecule has 1 heterocycles. The second-order valence-electron chi connectivity index (χ2n) is 7.11. The summed E-state index contributed by atoms with van der Waals surface area (Å²) in [5.74, 6) is 1.12. The molecule has 0 saturated heterocycles. The van der Waals surface area contributed by atoms with Gasteiger partial charge in [-0.3, -0.25) is 10.3 Å². The van der Waals surface area contributed by atoms with Gasteiger partial charge < -0.3 is 9.84 Å². The molecule has 2 N–H and O–H groups in total. The highest BCUT2D eigenvalue weighted by molar-refractivity contribution is 9.10. The minimum Gasteiger partial charge on any atom is -0.508 e. The lowest BCUT2D eigenvalue weighted by molar-refractivity contribution is 0.340. The van der Waals surface area contributed by atoms with Crippen LogP contribution in [0.15, 0.2) is 80.7 Å². The summed E-state index contributed by atoms with van der Waals surface area (Å²) in [7, 11) is 0. The number of hydrogen-bond acceptors (Lipinski definition) is 4. The van der Waals surface area contributed by atoms with Crippen molar-refractivity contribution < 1.29 is 9.84 Å². The van der Waals surface area contributed by atoms with E-state index in [0.717, 1.165) is 37.1 Å². The lowest BCUT2D eigenvalue weighted by Gasteiger charge is -2.31. The van der Waals surface area contributed by atoms with Gasteiger partial charge in [-0.1, -0.05) is 44.0 Å². The molecule has 4 rings (SSSR count). The highest BCUT2D eigenvalue weighted by Crippen LogP contribution is 2.36. The number of phenols is 1. The summed E-state index contributed by atoms with van der Waals surface area (Å²) in [6.45, 7) is 2.61. The fraction of sp³-hybridized carbons (Fsp3) is 0.208. The van der Waals surface area contributed by atoms with Crippen molar-refractivity contribution in [3.63, 3.8) is 0 Å². The van der Waals surface area contributed by atoms with Gasteiger partial charge in [0.25, 0.3) is 0 Å². The number of nitrogens with one attached hydrogen (secondary N) is 1. The van der Waals surface area contributed by atoms with Crippen LogP contribution in [0.4, 0.5) is 0 Å². The van der Waals surface area contributed by atoms with Crippen molar-refractivity contribution in [3.05, 3.63) is 92.4 Å². The van der Waals surface area contributed by atoms with Crippen LogP contribution in [0.1, 0.15) is 42.2 Å². The molecule has 0 amide bonds. The van der Waals surface area contributed by atoms with Crippen molar-refractivity contribution in [2.24, 2.45) is 4.99 Å². The van der Waals surface area contributed by atoms with Gasteiger partial charge in [0.05, 0.1) is 6.61 Å². The summed E-state index contributed by atoms with van der Waals surface area (Å²) in [6.07, 6.45) is 0.460. The molecule has 0 aromatic heterocycles. The quantitative estimate of drug-likeness (QED) is 0.394. The van der Waals surface area contributed by atoms with E-state index in [1.54, 1.807) is 6.07 Å². The minimum absolute atomic E-state index is 0.0739. The van der Waals surface area contributed by atoms with Gasteiger partial charge in [-0.2, -0.15) is 0 Å². The van der Waals surface area contributed by atoms with Crippen LogP contribution < -0.4 is 10.1 Å². The van der Waals surface area contributed by atoms with Crippen LogP contribution in [0, 0.1) is 0 Å². The first-order valence-corrected chi connectivity index (χ1v) is 11.4. The fourth-order valence-corrected chi connectivity index (χ4v) is 4.25. The molecule has 0 fully saturated rings. The van der Waals surface area contributed by atoms with E-state index in [1.807, 2.05) is 55.5 Å². The molecule has 1 aliphatic heterocycles. The second-order valence-corrected chi connectivity index (χ2v) is 8.95. The predicted molar refractivity (Wildman–Crippen MR) is 127 cm³/mol. The summed E-state index contributed by atoms with van der Waals surface area (Å²) in [4.78, 5) is 5.01. The Hall–Kier alpha value is -2.15. The zero-order valence-corrected chi connectivity index (χ0v) is 19.7. The number of nitrogens with zero attached hydrogens (tertiary/aromatic N) is 1. The van der Waals surface area contributed by atoms with E-state index in [4.69, 9.17) is 9.73 Å². The lowest BCUT2D eigenvalue weighted by Crippen LogP contribution is -2.33. The number of aliphatic imine (C=N–C) groups is 1. The maximum Gasteiger partial charge on any atom is 0.126 e. The summed E-state index contributed by atoms with van der Waals surface area (Å²) in [5, 5.41) is 14.1. The highest BCUT2D eigenvalue weighted by Gasteiger charge is 2.27. The first-order valence-electron chi connectivity index (χ1n) is 9.83. The van der Waals surface area contributed by atoms with Crippen molar-refractivity contribution in [2.45, 2.75) is 25.6 Å². The molecule has 154 valence electrons. The Morgan fingerprint density at radius 1 is 1.00 bits per heavy atom. The lowest BCUT2D eigenvalue weighted by atomic mass is 9.93. The maximum atomic E-state index is 10.5. The molecule has 30 heavy (non-hydrogen) atoms. The summed E-state index contributed by atoms with van der Waals surface area (Å²) < 4.78 is 7.53. The molecule has 0 unspecified atom stereocenters. The maximum absolute atomic E-state index is 10.5. The average molecular weight is 530 g/mol. The van der Waals surface area contributed by atoms with E-state index in [2.05, 4.69) is 49.3 Å². The first-order chi connectivity index (χ1) is 14.5. The average Bonchev–Trinajstić information content (AvgIpc) is 2.76. The Kier molecular flexibility index (Phi) is 6.56. The number of benzene rings is 3. The van der Waals surface area contributed by atoms with Crippen LogP contribution in [-0.2, 0) is 0 Å². The van der Waals surface area contributed by atoms with Gasteiger partial charge in [-0.15, -0.1) is 0 Å². The number of aromatic hydroxyl groups is 1. The zero-order chi connectivity index (χ0) is 21.1. The molecule has 0 spiro atoms. The molecule has 0 radical (unpaired) electrons. The van der Waals surface area contributed by atoms with Crippen molar-refractivity contribution in [2.75, 3.05) is 6.61 Å². The van der Waals surface area contributed by atoms with Crippen molar-refractivity contribution >= 4 is 37.6 Å². The van der Waals surface area contributed by atoms with Crippen molar-refractivity contribution in [3.8, 4) is 11.5 Å². The largest absolute Gasteiger partial charge is 0.508 e. The van der Waals surface area contributed by atoms with Gasteiger partial charge in [0.2, 0.25) is 0 Å². The Balaban J connectivity index is 1.72. The van der Waals surface area contributed by atoms with Crippen molar-refractivity contribution in [1.82, 2.24) is 5.32 Å². The SMILES string of the molecule is CCOc1ccc(C2=N[C@H](c3ccc(Br)cc3)N[C@H](c3cc(Br)ccc3O)C2)cc1. The summed E-state index contributed by atoms with van der Waals surface area (Å²) in [6, 6.07) is 21.7. The molecule has 3 aromatic carbocycles. The monoisotopic (exact) mass is 528 g/mol. The van der Waals surface area contributed by atoms with Crippen LogP contribution in [0.25, 0.3) is 0 Å². The third-order valence-electron chi connectivity index (χ3n) is 5.09. The molecular weight excluding hydrogens is 508 g/mol. The third kappa shape index (κ3) is 4.77. The summed E-state index contributed by atoms with van der Waals surface area (Å²) in [5.41, 5.74) is 3.97. The number of phenolic OH excluding ortho intramolecular Hbond substituents is 1. The van der Waals surface area contributed by atoms with Gasteiger partial charge >= 0.3 is 0 Å². The van der Waals surface area contributed by atoms with E-state index < -0.39 is 0 Å². The second kappa shape index (κ2) is 9.33. The Morgan fingerprint density at radius 3 is 2.40 bits per heavy atom. The van der Waals surface area contributed by atoms with E-state index in [0.29, 0.717) is 13.0 Å². The number of rotatable bonds is 5. The van der Waals surface area contributed by atoms with Gasteiger partial charge in [0.15, 0.2) is 0 Å². The topological polar surface area (TPSA) is 53.8 Å². The Bertz CT molecular complexity index is 1050. The van der Waals surface area contributed by atoms with E-state index in [1.165, 1.54) is 0 Å². The first kappa shape index (κ1) is 21.1. The Labute approximate surface area is 193 Å². The number of ether oxygens (including phenoxy) is 1. The number of halogens is 2. The van der Waals surface area contributed by atoms with Crippen LogP contribution in [0.5, 0.6) is 11.5 Å². The Morgan fingerprint density at radius 2 is 1.70 bits per heavy atom. The van der Waals surface area contributed by atoms with Crippen LogP contribution in [0.3, 0.4) is 0 Å². The van der Waals surface area contributed by atoms with E-state index in [9.17, 15) is 5.11 Å². The van der Waals surface area contributed by atoms with Crippen LogP contribution in [0.2, 0.25) is 0 Å². The molecular formula is C24H22Br2N2O2. The van der Waals surface area contributed by atoms with E-state index in [-0.39, 0.29) is 18.0 Å². The molecule has 4 nitrogen and oxygen atoms in total. The van der Waals surface area contributed by atoms with Gasteiger partial charge in [0, 0.05) is 32.7 Å².